The van der Waals surface area contributed by atoms with Gasteiger partial charge in [0.1, 0.15) is 11.6 Å². The van der Waals surface area contributed by atoms with Crippen molar-refractivity contribution in [2.45, 2.75) is 44.9 Å². The van der Waals surface area contributed by atoms with Crippen LogP contribution in [0.1, 0.15) is 54.4 Å². The molecule has 0 aliphatic carbocycles. The molecule has 1 radical (unpaired) electrons. The molecule has 0 saturated carbocycles. The van der Waals surface area contributed by atoms with Crippen LogP contribution in [0.25, 0.3) is 22.3 Å². The third-order valence-electron chi connectivity index (χ3n) is 7.01. The molecule has 0 aliphatic rings. The number of rotatable bonds is 12. The second-order valence-electron chi connectivity index (χ2n) is 10.0. The first-order valence-electron chi connectivity index (χ1n) is 13.6. The van der Waals surface area contributed by atoms with E-state index < -0.39 is 11.6 Å². The fourth-order valence-corrected chi connectivity index (χ4v) is 4.85. The van der Waals surface area contributed by atoms with E-state index in [-0.39, 0.29) is 22.8 Å². The van der Waals surface area contributed by atoms with Gasteiger partial charge < -0.3 is 4.90 Å². The van der Waals surface area contributed by atoms with Gasteiger partial charge in [0.2, 0.25) is 0 Å². The molecule has 1 amide bonds. The lowest BCUT2D eigenvalue weighted by atomic mass is 9.94. The third kappa shape index (κ3) is 7.76. The zero-order chi connectivity index (χ0) is 27.6. The van der Waals surface area contributed by atoms with Crippen molar-refractivity contribution in [3.8, 4) is 28.0 Å². The van der Waals surface area contributed by atoms with Crippen LogP contribution >= 0.6 is 0 Å². The fraction of sp³-hybridized carbons (Fsp3) is 0.265. The number of carbonyl (C=O) groups is 1. The standard InChI is InChI=1S/C34H34F2NO2/c1-37(20-10-5-3-2-4-7-13-25-14-8-6-9-15-25)34(39)28-23-31(26-16-11-18-29(35)21-26)33(38)32(24-28)27-17-12-19-30(36)22-27/h6,8-9,11-12,14-19,21-24H,2-5,7,10,13,20H2,1H3. The lowest BCUT2D eigenvalue weighted by molar-refractivity contribution is 0.0792. The predicted molar refractivity (Wildman–Crippen MR) is 152 cm³/mol. The van der Waals surface area contributed by atoms with E-state index in [4.69, 9.17) is 0 Å². The predicted octanol–water partition coefficient (Wildman–Crippen LogP) is 9.10. The lowest BCUT2D eigenvalue weighted by Gasteiger charge is -2.19. The number of carbonyl (C=O) groups excluding carboxylic acids is 1. The molecular formula is C34H34F2NO2. The van der Waals surface area contributed by atoms with E-state index in [2.05, 4.69) is 24.3 Å². The molecule has 39 heavy (non-hydrogen) atoms. The molecule has 0 aromatic heterocycles. The second-order valence-corrected chi connectivity index (χ2v) is 10.0. The Hall–Kier alpha value is -3.99. The van der Waals surface area contributed by atoms with E-state index in [1.807, 2.05) is 6.07 Å². The molecule has 5 heteroatoms. The van der Waals surface area contributed by atoms with E-state index >= 15 is 0 Å². The fourth-order valence-electron chi connectivity index (χ4n) is 4.85. The van der Waals surface area contributed by atoms with Crippen molar-refractivity contribution in [2.75, 3.05) is 13.6 Å². The number of aryl methyl sites for hydroxylation is 1. The van der Waals surface area contributed by atoms with Gasteiger partial charge in [-0.25, -0.2) is 8.78 Å². The summed E-state index contributed by atoms with van der Waals surface area (Å²) in [7, 11) is 1.75. The highest BCUT2D eigenvalue weighted by Crippen LogP contribution is 2.40. The van der Waals surface area contributed by atoms with Crippen molar-refractivity contribution < 1.29 is 18.7 Å². The Morgan fingerprint density at radius 1 is 0.667 bits per heavy atom. The highest BCUT2D eigenvalue weighted by molar-refractivity contribution is 5.98. The van der Waals surface area contributed by atoms with Crippen molar-refractivity contribution in [2.24, 2.45) is 0 Å². The Morgan fingerprint density at radius 2 is 1.21 bits per heavy atom. The van der Waals surface area contributed by atoms with Gasteiger partial charge in [0.05, 0.1) is 0 Å². The van der Waals surface area contributed by atoms with E-state index in [1.54, 1.807) is 24.1 Å². The van der Waals surface area contributed by atoms with Gasteiger partial charge in [0.15, 0.2) is 5.75 Å². The van der Waals surface area contributed by atoms with Crippen LogP contribution in [0, 0.1) is 11.6 Å². The van der Waals surface area contributed by atoms with E-state index in [1.165, 1.54) is 73.4 Å². The summed E-state index contributed by atoms with van der Waals surface area (Å²) in [5.74, 6) is -1.56. The summed E-state index contributed by atoms with van der Waals surface area (Å²) in [6.45, 7) is 0.590. The summed E-state index contributed by atoms with van der Waals surface area (Å²) in [5.41, 5.74) is 2.87. The van der Waals surface area contributed by atoms with Crippen LogP contribution in [0.2, 0.25) is 0 Å². The Labute approximate surface area is 229 Å². The lowest BCUT2D eigenvalue weighted by Crippen LogP contribution is -2.27. The summed E-state index contributed by atoms with van der Waals surface area (Å²) >= 11 is 0. The average Bonchev–Trinajstić information content (AvgIpc) is 2.94. The molecule has 0 unspecified atom stereocenters. The van der Waals surface area contributed by atoms with E-state index in [9.17, 15) is 18.7 Å². The number of amides is 1. The van der Waals surface area contributed by atoms with Crippen LogP contribution in [0.4, 0.5) is 8.78 Å². The molecule has 0 N–H and O–H groups in total. The molecule has 201 valence electrons. The monoisotopic (exact) mass is 526 g/mol. The number of hydrogen-bond acceptors (Lipinski definition) is 1. The smallest absolute Gasteiger partial charge is 0.253 e. The van der Waals surface area contributed by atoms with Crippen LogP contribution in [-0.2, 0) is 11.5 Å². The molecule has 0 aliphatic heterocycles. The molecule has 3 nitrogen and oxygen atoms in total. The Morgan fingerprint density at radius 3 is 1.77 bits per heavy atom. The average molecular weight is 527 g/mol. The maximum absolute atomic E-state index is 14.0. The van der Waals surface area contributed by atoms with Gasteiger partial charge in [0.25, 0.3) is 5.91 Å². The molecule has 0 atom stereocenters. The highest BCUT2D eigenvalue weighted by Gasteiger charge is 2.21. The van der Waals surface area contributed by atoms with Gasteiger partial charge in [-0.3, -0.25) is 9.90 Å². The minimum absolute atomic E-state index is 0.212. The quantitative estimate of drug-likeness (QED) is 0.170. The first-order valence-corrected chi connectivity index (χ1v) is 13.6. The van der Waals surface area contributed by atoms with Crippen LogP contribution in [0.15, 0.2) is 91.0 Å². The largest absolute Gasteiger partial charge is 0.342 e. The highest BCUT2D eigenvalue weighted by atomic mass is 19.1. The van der Waals surface area contributed by atoms with E-state index in [0.29, 0.717) is 23.2 Å². The molecule has 0 fully saturated rings. The molecular weight excluding hydrogens is 492 g/mol. The molecule has 4 aromatic carbocycles. The Bertz CT molecular complexity index is 1320. The topological polar surface area (TPSA) is 40.2 Å². The molecule has 0 saturated heterocycles. The van der Waals surface area contributed by atoms with Gasteiger partial charge in [0, 0.05) is 30.3 Å². The summed E-state index contributed by atoms with van der Waals surface area (Å²) in [6, 6.07) is 25.0. The van der Waals surface area contributed by atoms with Crippen molar-refractivity contribution in [3.05, 3.63) is 114 Å². The summed E-state index contributed by atoms with van der Waals surface area (Å²) in [4.78, 5) is 15.0. The van der Waals surface area contributed by atoms with E-state index in [0.717, 1.165) is 25.7 Å². The maximum Gasteiger partial charge on any atom is 0.253 e. The van der Waals surface area contributed by atoms with Crippen molar-refractivity contribution in [1.29, 1.82) is 0 Å². The minimum Gasteiger partial charge on any atom is -0.342 e. The minimum atomic E-state index is -0.479. The van der Waals surface area contributed by atoms with Crippen LogP contribution in [0.5, 0.6) is 5.75 Å². The Kier molecular flexibility index (Phi) is 9.85. The van der Waals surface area contributed by atoms with Crippen molar-refractivity contribution in [1.82, 2.24) is 4.90 Å². The molecule has 0 spiro atoms. The zero-order valence-electron chi connectivity index (χ0n) is 22.3. The van der Waals surface area contributed by atoms with Crippen molar-refractivity contribution >= 4 is 5.91 Å². The zero-order valence-corrected chi connectivity index (χ0v) is 22.3. The first kappa shape index (κ1) is 28.0. The SMILES string of the molecule is CN(CCCCCCCCc1ccccc1)C(=O)c1cc(-c2cccc(F)c2)c([O])c(-c2cccc(F)c2)c1. The molecule has 4 aromatic rings. The number of hydrogen-bond donors (Lipinski definition) is 0. The third-order valence-corrected chi connectivity index (χ3v) is 7.01. The van der Waals surface area contributed by atoms with Crippen molar-refractivity contribution in [3.63, 3.8) is 0 Å². The normalized spacial score (nSPS) is 10.9. The molecule has 0 heterocycles. The van der Waals surface area contributed by atoms with Crippen LogP contribution in [-0.4, -0.2) is 24.4 Å². The summed E-state index contributed by atoms with van der Waals surface area (Å²) < 4.78 is 27.9. The summed E-state index contributed by atoms with van der Waals surface area (Å²) in [5, 5.41) is 13.4. The van der Waals surface area contributed by atoms with Gasteiger partial charge >= 0.3 is 0 Å². The number of halogens is 2. The number of nitrogens with zero attached hydrogens (tertiary/aromatic N) is 1. The number of benzene rings is 4. The Balaban J connectivity index is 1.39. The molecule has 4 rings (SSSR count). The summed E-state index contributed by atoms with van der Waals surface area (Å²) in [6.07, 6.45) is 7.68. The van der Waals surface area contributed by atoms with Crippen LogP contribution < -0.4 is 0 Å². The second kappa shape index (κ2) is 13.7. The first-order chi connectivity index (χ1) is 18.9. The van der Waals surface area contributed by atoms with Gasteiger partial charge in [-0.05, 0) is 72.4 Å². The maximum atomic E-state index is 14.0. The van der Waals surface area contributed by atoms with Gasteiger partial charge in [-0.2, -0.15) is 0 Å². The number of unbranched alkanes of at least 4 members (excludes halogenated alkanes) is 5. The van der Waals surface area contributed by atoms with Gasteiger partial charge in [-0.1, -0.05) is 80.3 Å². The van der Waals surface area contributed by atoms with Crippen LogP contribution in [0.3, 0.4) is 0 Å². The molecule has 0 bridgehead atoms. The van der Waals surface area contributed by atoms with Gasteiger partial charge in [-0.15, -0.1) is 0 Å².